The van der Waals surface area contributed by atoms with Gasteiger partial charge in [0.15, 0.2) is 4.96 Å². The first-order valence-corrected chi connectivity index (χ1v) is 8.61. The van der Waals surface area contributed by atoms with Crippen LogP contribution in [0.2, 0.25) is 0 Å². The standard InChI is InChI=1S/C15H20N6S/c1-10-13(20-5-6-22-15(20)17-10)8-16-7-12-3-4-14-19-18-11(2)21(14)9-12/h5-6,12,16H,3-4,7-9H2,1-2H3/t12-/m0/s1. The first-order chi connectivity index (χ1) is 10.7. The van der Waals surface area contributed by atoms with Crippen LogP contribution in [0.5, 0.6) is 0 Å². The fourth-order valence-electron chi connectivity index (χ4n) is 3.25. The number of rotatable bonds is 4. The third kappa shape index (κ3) is 2.34. The molecule has 0 aromatic carbocycles. The van der Waals surface area contributed by atoms with E-state index >= 15 is 0 Å². The number of aromatic nitrogens is 5. The minimum absolute atomic E-state index is 0.647. The van der Waals surface area contributed by atoms with Gasteiger partial charge in [-0.15, -0.1) is 21.5 Å². The van der Waals surface area contributed by atoms with Gasteiger partial charge in [-0.25, -0.2) is 4.98 Å². The molecule has 1 N–H and O–H groups in total. The van der Waals surface area contributed by atoms with Crippen LogP contribution in [0.1, 0.15) is 29.5 Å². The molecule has 0 radical (unpaired) electrons. The maximum atomic E-state index is 4.59. The largest absolute Gasteiger partial charge is 0.315 e. The number of imidazole rings is 1. The Morgan fingerprint density at radius 3 is 3.18 bits per heavy atom. The molecule has 1 aliphatic rings. The van der Waals surface area contributed by atoms with Gasteiger partial charge in [0, 0.05) is 37.6 Å². The zero-order valence-corrected chi connectivity index (χ0v) is 13.7. The molecular formula is C15H20N6S. The summed E-state index contributed by atoms with van der Waals surface area (Å²) in [6.45, 7) is 7.04. The maximum Gasteiger partial charge on any atom is 0.194 e. The van der Waals surface area contributed by atoms with Gasteiger partial charge < -0.3 is 9.88 Å². The summed E-state index contributed by atoms with van der Waals surface area (Å²) in [5, 5.41) is 14.1. The second-order valence-corrected chi connectivity index (χ2v) is 6.88. The van der Waals surface area contributed by atoms with E-state index in [0.29, 0.717) is 5.92 Å². The van der Waals surface area contributed by atoms with Gasteiger partial charge in [0.2, 0.25) is 0 Å². The van der Waals surface area contributed by atoms with Gasteiger partial charge in [-0.2, -0.15) is 0 Å². The van der Waals surface area contributed by atoms with Crippen molar-refractivity contribution in [3.05, 3.63) is 34.6 Å². The lowest BCUT2D eigenvalue weighted by Gasteiger charge is -2.24. The summed E-state index contributed by atoms with van der Waals surface area (Å²) in [5.74, 6) is 2.82. The molecule has 3 aromatic heterocycles. The molecule has 0 saturated carbocycles. The van der Waals surface area contributed by atoms with Crippen LogP contribution in [0.3, 0.4) is 0 Å². The Morgan fingerprint density at radius 2 is 2.27 bits per heavy atom. The van der Waals surface area contributed by atoms with Gasteiger partial charge >= 0.3 is 0 Å². The van der Waals surface area contributed by atoms with Gasteiger partial charge in [0.1, 0.15) is 11.6 Å². The number of thiazole rings is 1. The van der Waals surface area contributed by atoms with E-state index in [2.05, 4.69) is 48.0 Å². The van der Waals surface area contributed by atoms with E-state index in [0.717, 1.165) is 48.4 Å². The highest BCUT2D eigenvalue weighted by molar-refractivity contribution is 7.15. The molecule has 0 aliphatic carbocycles. The van der Waals surface area contributed by atoms with Crippen LogP contribution in [0.15, 0.2) is 11.6 Å². The van der Waals surface area contributed by atoms with Gasteiger partial charge in [0.25, 0.3) is 0 Å². The minimum Gasteiger partial charge on any atom is -0.315 e. The van der Waals surface area contributed by atoms with Crippen molar-refractivity contribution in [2.45, 2.75) is 39.8 Å². The van der Waals surface area contributed by atoms with Crippen LogP contribution in [-0.2, 0) is 19.5 Å². The number of aryl methyl sites for hydroxylation is 3. The number of fused-ring (bicyclic) bond motifs is 2. The van der Waals surface area contributed by atoms with Crippen LogP contribution < -0.4 is 5.32 Å². The Bertz CT molecular complexity index is 798. The number of hydrogen-bond acceptors (Lipinski definition) is 5. The van der Waals surface area contributed by atoms with Crippen molar-refractivity contribution in [1.29, 1.82) is 0 Å². The number of hydrogen-bond donors (Lipinski definition) is 1. The summed E-state index contributed by atoms with van der Waals surface area (Å²) in [6.07, 6.45) is 4.32. The van der Waals surface area contributed by atoms with Gasteiger partial charge in [-0.05, 0) is 26.2 Å². The topological polar surface area (TPSA) is 60.0 Å². The molecule has 1 atom stereocenters. The molecule has 0 unspecified atom stereocenters. The Labute approximate surface area is 133 Å². The van der Waals surface area contributed by atoms with Gasteiger partial charge in [0.05, 0.1) is 11.4 Å². The molecule has 6 nitrogen and oxygen atoms in total. The Morgan fingerprint density at radius 1 is 1.36 bits per heavy atom. The molecule has 22 heavy (non-hydrogen) atoms. The smallest absolute Gasteiger partial charge is 0.194 e. The maximum absolute atomic E-state index is 4.59. The third-order valence-corrected chi connectivity index (χ3v) is 5.27. The van der Waals surface area contributed by atoms with Crippen molar-refractivity contribution < 1.29 is 0 Å². The van der Waals surface area contributed by atoms with Crippen molar-refractivity contribution in [2.75, 3.05) is 6.54 Å². The predicted molar refractivity (Wildman–Crippen MR) is 86.1 cm³/mol. The Kier molecular flexibility index (Phi) is 3.46. The molecular weight excluding hydrogens is 296 g/mol. The highest BCUT2D eigenvalue weighted by atomic mass is 32.1. The van der Waals surface area contributed by atoms with Crippen LogP contribution in [0, 0.1) is 19.8 Å². The fraction of sp³-hybridized carbons (Fsp3) is 0.533. The van der Waals surface area contributed by atoms with E-state index < -0.39 is 0 Å². The fourth-order valence-corrected chi connectivity index (χ4v) is 4.02. The molecule has 0 saturated heterocycles. The van der Waals surface area contributed by atoms with E-state index in [1.807, 2.05) is 6.92 Å². The second kappa shape index (κ2) is 5.48. The molecule has 7 heteroatoms. The second-order valence-electron chi connectivity index (χ2n) is 6.01. The normalized spacial score (nSPS) is 18.0. The summed E-state index contributed by atoms with van der Waals surface area (Å²) in [5.41, 5.74) is 2.40. The first kappa shape index (κ1) is 13.9. The summed E-state index contributed by atoms with van der Waals surface area (Å²) in [6, 6.07) is 0. The van der Waals surface area contributed by atoms with Gasteiger partial charge in [-0.3, -0.25) is 4.40 Å². The van der Waals surface area contributed by atoms with E-state index in [1.165, 1.54) is 12.1 Å². The van der Waals surface area contributed by atoms with E-state index in [4.69, 9.17) is 0 Å². The van der Waals surface area contributed by atoms with Crippen molar-refractivity contribution in [1.82, 2.24) is 29.5 Å². The van der Waals surface area contributed by atoms with Gasteiger partial charge in [-0.1, -0.05) is 0 Å². The van der Waals surface area contributed by atoms with E-state index in [1.54, 1.807) is 11.3 Å². The number of nitrogens with one attached hydrogen (secondary N) is 1. The molecule has 4 heterocycles. The molecule has 0 spiro atoms. The Hall–Kier alpha value is -1.73. The van der Waals surface area contributed by atoms with Crippen LogP contribution >= 0.6 is 11.3 Å². The predicted octanol–water partition coefficient (Wildman–Crippen LogP) is 1.96. The van der Waals surface area contributed by atoms with Crippen LogP contribution in [0.25, 0.3) is 4.96 Å². The minimum atomic E-state index is 0.647. The van der Waals surface area contributed by atoms with Crippen molar-refractivity contribution in [3.63, 3.8) is 0 Å². The summed E-state index contributed by atoms with van der Waals surface area (Å²) < 4.78 is 4.45. The summed E-state index contributed by atoms with van der Waals surface area (Å²) >= 11 is 1.69. The molecule has 0 amide bonds. The monoisotopic (exact) mass is 316 g/mol. The highest BCUT2D eigenvalue weighted by Crippen LogP contribution is 2.20. The average Bonchev–Trinajstić information content (AvgIpc) is 3.17. The lowest BCUT2D eigenvalue weighted by atomic mass is 9.99. The lowest BCUT2D eigenvalue weighted by Crippen LogP contribution is -2.30. The SMILES string of the molecule is Cc1nc2sccn2c1CNC[C@@H]1CCc2nnc(C)n2C1. The zero-order valence-electron chi connectivity index (χ0n) is 12.9. The average molecular weight is 316 g/mol. The molecule has 0 fully saturated rings. The van der Waals surface area contributed by atoms with Crippen molar-refractivity contribution >= 4 is 16.3 Å². The first-order valence-electron chi connectivity index (χ1n) is 7.73. The quantitative estimate of drug-likeness (QED) is 0.799. The third-order valence-electron chi connectivity index (χ3n) is 4.52. The lowest BCUT2D eigenvalue weighted by molar-refractivity contribution is 0.343. The van der Waals surface area contributed by atoms with Crippen molar-refractivity contribution in [2.24, 2.45) is 5.92 Å². The van der Waals surface area contributed by atoms with Crippen LogP contribution in [-0.4, -0.2) is 30.7 Å². The highest BCUT2D eigenvalue weighted by Gasteiger charge is 2.21. The number of nitrogens with zero attached hydrogens (tertiary/aromatic N) is 5. The molecule has 4 rings (SSSR count). The van der Waals surface area contributed by atoms with E-state index in [9.17, 15) is 0 Å². The molecule has 1 aliphatic heterocycles. The zero-order chi connectivity index (χ0) is 15.1. The molecule has 116 valence electrons. The Balaban J connectivity index is 1.39. The molecule has 0 bridgehead atoms. The summed E-state index contributed by atoms with van der Waals surface area (Å²) in [7, 11) is 0. The van der Waals surface area contributed by atoms with Crippen LogP contribution in [0.4, 0.5) is 0 Å². The van der Waals surface area contributed by atoms with Crippen molar-refractivity contribution in [3.8, 4) is 0 Å². The van der Waals surface area contributed by atoms with E-state index in [-0.39, 0.29) is 0 Å². The molecule has 3 aromatic rings. The summed E-state index contributed by atoms with van der Waals surface area (Å²) in [4.78, 5) is 5.67.